The Balaban J connectivity index is 1.83. The predicted molar refractivity (Wildman–Crippen MR) is 99.9 cm³/mol. The number of aryl methyl sites for hydroxylation is 1. The van der Waals surface area contributed by atoms with Gasteiger partial charge in [0, 0.05) is 24.4 Å². The van der Waals surface area contributed by atoms with Gasteiger partial charge >= 0.3 is 0 Å². The molecule has 2 amide bonds. The Bertz CT molecular complexity index is 711. The molecule has 0 spiro atoms. The number of unbranched alkanes of at least 4 members (excludes halogenated alkanes) is 1. The van der Waals surface area contributed by atoms with Gasteiger partial charge in [0.25, 0.3) is 5.91 Å². The SMILES string of the molecule is CCCCc1ccc(NC(=O)COc2cccc(NC(C)=O)c2)cc1. The van der Waals surface area contributed by atoms with Gasteiger partial charge in [0.1, 0.15) is 5.75 Å². The topological polar surface area (TPSA) is 67.4 Å². The van der Waals surface area contributed by atoms with Gasteiger partial charge in [0.05, 0.1) is 0 Å². The van der Waals surface area contributed by atoms with Crippen molar-refractivity contribution in [2.24, 2.45) is 0 Å². The molecule has 5 heteroatoms. The van der Waals surface area contributed by atoms with Crippen molar-refractivity contribution in [2.45, 2.75) is 33.1 Å². The second-order valence-corrected chi connectivity index (χ2v) is 5.85. The minimum absolute atomic E-state index is 0.0961. The Labute approximate surface area is 148 Å². The molecule has 0 radical (unpaired) electrons. The highest BCUT2D eigenvalue weighted by molar-refractivity contribution is 5.92. The molecule has 2 N–H and O–H groups in total. The lowest BCUT2D eigenvalue weighted by Crippen LogP contribution is -2.20. The molecular formula is C20H24N2O3. The van der Waals surface area contributed by atoms with Crippen molar-refractivity contribution < 1.29 is 14.3 Å². The molecular weight excluding hydrogens is 316 g/mol. The summed E-state index contributed by atoms with van der Waals surface area (Å²) in [6, 6.07) is 14.8. The van der Waals surface area contributed by atoms with Crippen LogP contribution in [0.25, 0.3) is 0 Å². The van der Waals surface area contributed by atoms with Crippen molar-refractivity contribution in [1.82, 2.24) is 0 Å². The van der Waals surface area contributed by atoms with Crippen LogP contribution in [-0.4, -0.2) is 18.4 Å². The number of hydrogen-bond donors (Lipinski definition) is 2. The summed E-state index contributed by atoms with van der Waals surface area (Å²) in [5, 5.41) is 5.48. The molecule has 0 bridgehead atoms. The van der Waals surface area contributed by atoms with Crippen LogP contribution in [0.3, 0.4) is 0 Å². The number of ether oxygens (including phenoxy) is 1. The standard InChI is InChI=1S/C20H24N2O3/c1-3-4-6-16-9-11-17(12-10-16)22-20(24)14-25-19-8-5-7-18(13-19)21-15(2)23/h5,7-13H,3-4,6,14H2,1-2H3,(H,21,23)(H,22,24). The molecule has 0 fully saturated rings. The summed E-state index contributed by atoms with van der Waals surface area (Å²) in [5.41, 5.74) is 2.65. The Hall–Kier alpha value is -2.82. The Morgan fingerprint density at radius 2 is 1.76 bits per heavy atom. The third-order valence-electron chi connectivity index (χ3n) is 3.58. The van der Waals surface area contributed by atoms with Crippen molar-refractivity contribution >= 4 is 23.2 Å². The molecule has 132 valence electrons. The first kappa shape index (κ1) is 18.5. The molecule has 5 nitrogen and oxygen atoms in total. The molecule has 0 atom stereocenters. The third kappa shape index (κ3) is 6.67. The summed E-state index contributed by atoms with van der Waals surface area (Å²) < 4.78 is 5.48. The van der Waals surface area contributed by atoms with Crippen molar-refractivity contribution in [1.29, 1.82) is 0 Å². The van der Waals surface area contributed by atoms with Gasteiger partial charge < -0.3 is 15.4 Å². The van der Waals surface area contributed by atoms with Gasteiger partial charge in [-0.1, -0.05) is 31.5 Å². The first-order valence-corrected chi connectivity index (χ1v) is 8.46. The fourth-order valence-electron chi connectivity index (χ4n) is 2.35. The second-order valence-electron chi connectivity index (χ2n) is 5.85. The number of amides is 2. The van der Waals surface area contributed by atoms with Crippen molar-refractivity contribution in [3.8, 4) is 5.75 Å². The van der Waals surface area contributed by atoms with E-state index in [1.165, 1.54) is 18.9 Å². The van der Waals surface area contributed by atoms with Crippen LogP contribution in [0.2, 0.25) is 0 Å². The predicted octanol–water partition coefficient (Wildman–Crippen LogP) is 4.01. The summed E-state index contributed by atoms with van der Waals surface area (Å²) in [6.45, 7) is 3.51. The number of hydrogen-bond acceptors (Lipinski definition) is 3. The van der Waals surface area contributed by atoms with E-state index >= 15 is 0 Å². The van der Waals surface area contributed by atoms with Gasteiger partial charge in [-0.25, -0.2) is 0 Å². The van der Waals surface area contributed by atoms with Crippen molar-refractivity contribution in [2.75, 3.05) is 17.2 Å². The van der Waals surface area contributed by atoms with E-state index in [9.17, 15) is 9.59 Å². The summed E-state index contributed by atoms with van der Waals surface area (Å²) in [4.78, 5) is 23.1. The average Bonchev–Trinajstić information content (AvgIpc) is 2.59. The first-order valence-electron chi connectivity index (χ1n) is 8.46. The molecule has 0 aliphatic heterocycles. The fraction of sp³-hybridized carbons (Fsp3) is 0.300. The number of carbonyl (C=O) groups excluding carboxylic acids is 2. The highest BCUT2D eigenvalue weighted by atomic mass is 16.5. The van der Waals surface area contributed by atoms with Gasteiger partial charge in [-0.2, -0.15) is 0 Å². The molecule has 0 aliphatic carbocycles. The number of rotatable bonds is 8. The van der Waals surface area contributed by atoms with Gasteiger partial charge in [0.15, 0.2) is 6.61 Å². The number of carbonyl (C=O) groups is 2. The molecule has 25 heavy (non-hydrogen) atoms. The van der Waals surface area contributed by atoms with E-state index in [2.05, 4.69) is 17.6 Å². The van der Waals surface area contributed by atoms with Crippen LogP contribution in [0.15, 0.2) is 48.5 Å². The highest BCUT2D eigenvalue weighted by Crippen LogP contribution is 2.17. The van der Waals surface area contributed by atoms with Gasteiger partial charge in [0.2, 0.25) is 5.91 Å². The molecule has 0 unspecified atom stereocenters. The van der Waals surface area contributed by atoms with E-state index in [0.717, 1.165) is 18.5 Å². The maximum atomic E-state index is 12.0. The lowest BCUT2D eigenvalue weighted by atomic mass is 10.1. The lowest BCUT2D eigenvalue weighted by molar-refractivity contribution is -0.118. The molecule has 2 aromatic rings. The maximum Gasteiger partial charge on any atom is 0.262 e. The molecule has 0 heterocycles. The van der Waals surface area contributed by atoms with Gasteiger partial charge in [-0.3, -0.25) is 9.59 Å². The van der Waals surface area contributed by atoms with Crippen LogP contribution in [0.5, 0.6) is 5.75 Å². The lowest BCUT2D eigenvalue weighted by Gasteiger charge is -2.09. The van der Waals surface area contributed by atoms with Crippen LogP contribution < -0.4 is 15.4 Å². The smallest absolute Gasteiger partial charge is 0.262 e. The van der Waals surface area contributed by atoms with E-state index in [4.69, 9.17) is 4.74 Å². The number of nitrogens with one attached hydrogen (secondary N) is 2. The number of benzene rings is 2. The van der Waals surface area contributed by atoms with Crippen LogP contribution >= 0.6 is 0 Å². The molecule has 2 rings (SSSR count). The van der Waals surface area contributed by atoms with E-state index in [-0.39, 0.29) is 18.4 Å². The molecule has 0 saturated heterocycles. The summed E-state index contributed by atoms with van der Waals surface area (Å²) in [5.74, 6) is 0.139. The average molecular weight is 340 g/mol. The summed E-state index contributed by atoms with van der Waals surface area (Å²) in [6.07, 6.45) is 3.38. The van der Waals surface area contributed by atoms with Crippen LogP contribution in [0.4, 0.5) is 11.4 Å². The minimum atomic E-state index is -0.230. The van der Waals surface area contributed by atoms with Crippen LogP contribution in [0.1, 0.15) is 32.3 Å². The minimum Gasteiger partial charge on any atom is -0.484 e. The van der Waals surface area contributed by atoms with E-state index < -0.39 is 0 Å². The normalized spacial score (nSPS) is 10.2. The quantitative estimate of drug-likeness (QED) is 0.763. The van der Waals surface area contributed by atoms with Gasteiger partial charge in [-0.15, -0.1) is 0 Å². The fourth-order valence-corrected chi connectivity index (χ4v) is 2.35. The van der Waals surface area contributed by atoms with Gasteiger partial charge in [-0.05, 0) is 42.7 Å². The van der Waals surface area contributed by atoms with E-state index in [0.29, 0.717) is 11.4 Å². The zero-order valence-corrected chi connectivity index (χ0v) is 14.7. The highest BCUT2D eigenvalue weighted by Gasteiger charge is 2.05. The largest absolute Gasteiger partial charge is 0.484 e. The molecule has 2 aromatic carbocycles. The second kappa shape index (κ2) is 9.47. The maximum absolute atomic E-state index is 12.0. The Kier molecular flexibility index (Phi) is 7.01. The zero-order chi connectivity index (χ0) is 18.1. The number of anilines is 2. The molecule has 0 saturated carbocycles. The van der Waals surface area contributed by atoms with E-state index in [1.807, 2.05) is 24.3 Å². The molecule has 0 aliphatic rings. The van der Waals surface area contributed by atoms with Crippen LogP contribution in [-0.2, 0) is 16.0 Å². The zero-order valence-electron chi connectivity index (χ0n) is 14.7. The monoisotopic (exact) mass is 340 g/mol. The van der Waals surface area contributed by atoms with E-state index in [1.54, 1.807) is 24.3 Å². The first-order chi connectivity index (χ1) is 12.1. The summed E-state index contributed by atoms with van der Waals surface area (Å²) >= 11 is 0. The molecule has 0 aromatic heterocycles. The van der Waals surface area contributed by atoms with Crippen molar-refractivity contribution in [3.63, 3.8) is 0 Å². The van der Waals surface area contributed by atoms with Crippen LogP contribution in [0, 0.1) is 0 Å². The summed E-state index contributed by atoms with van der Waals surface area (Å²) in [7, 11) is 0. The Morgan fingerprint density at radius 3 is 2.44 bits per heavy atom. The van der Waals surface area contributed by atoms with Crippen molar-refractivity contribution in [3.05, 3.63) is 54.1 Å². The Morgan fingerprint density at radius 1 is 1.00 bits per heavy atom. The third-order valence-corrected chi connectivity index (χ3v) is 3.58.